The summed E-state index contributed by atoms with van der Waals surface area (Å²) >= 11 is 12.5. The predicted molar refractivity (Wildman–Crippen MR) is 296 cm³/mol. The van der Waals surface area contributed by atoms with E-state index in [-0.39, 0.29) is 52.4 Å². The Morgan fingerprint density at radius 1 is 0.648 bits per heavy atom. The Hall–Kier alpha value is -5.56. The van der Waals surface area contributed by atoms with Gasteiger partial charge in [0.1, 0.15) is 46.6 Å². The molecule has 0 saturated heterocycles. The van der Waals surface area contributed by atoms with Gasteiger partial charge in [-0.05, 0) is 96.4 Å². The molecule has 0 spiro atoms. The molecule has 4 N–H and O–H groups in total. The average molecular weight is 1270 g/mol. The number of likely N-dealkylation sites (N-methyl/N-ethyl adjacent to an activating group) is 2. The normalized spacial score (nSPS) is 19.3. The summed E-state index contributed by atoms with van der Waals surface area (Å²) < 4.78 is 9.18. The van der Waals surface area contributed by atoms with Crippen molar-refractivity contribution < 1.29 is 29.1 Å². The van der Waals surface area contributed by atoms with E-state index in [1.807, 2.05) is 114 Å². The number of nitrogens with two attached hydrogens (primary N) is 1. The van der Waals surface area contributed by atoms with Crippen LogP contribution in [0.15, 0.2) is 131 Å². The van der Waals surface area contributed by atoms with E-state index in [0.29, 0.717) is 49.6 Å². The predicted octanol–water partition coefficient (Wildman–Crippen LogP) is 6.73. The molecular formula is C49H52Br3IN12O6. The van der Waals surface area contributed by atoms with Gasteiger partial charge in [-0.3, -0.25) is 39.0 Å². The lowest BCUT2D eigenvalue weighted by molar-refractivity contribution is -0.129. The summed E-state index contributed by atoms with van der Waals surface area (Å²) in [5.74, 6) is 2.63. The van der Waals surface area contributed by atoms with E-state index in [4.69, 9.17) is 10.8 Å². The molecule has 5 aliphatic rings. The summed E-state index contributed by atoms with van der Waals surface area (Å²) in [6, 6.07) is 24.5. The van der Waals surface area contributed by atoms with Gasteiger partial charge in [-0.1, -0.05) is 83.3 Å². The van der Waals surface area contributed by atoms with Crippen molar-refractivity contribution in [2.45, 2.75) is 67.7 Å². The van der Waals surface area contributed by atoms with Crippen LogP contribution in [0.5, 0.6) is 0 Å². The van der Waals surface area contributed by atoms with Gasteiger partial charge >= 0.3 is 5.97 Å². The minimum atomic E-state index is -0.984. The van der Waals surface area contributed by atoms with Crippen LogP contribution in [0.2, 0.25) is 0 Å². The van der Waals surface area contributed by atoms with Crippen molar-refractivity contribution in [2.75, 3.05) is 48.9 Å². The Labute approximate surface area is 449 Å². The van der Waals surface area contributed by atoms with Gasteiger partial charge in [0.15, 0.2) is 0 Å². The zero-order chi connectivity index (χ0) is 50.9. The standard InChI is InChI=1S/C20H20BrN5O2.C11H10N2O2.C9H10BrIN2O.C9H12BrN3O/c1-25-18-10-14(21)12-26(18)8-7-15(20(25)28)24-19(27)16-11-22-17(23-16)9-13-5-3-2-4-6-13;14-11(15)9-7-12-10(13-9)6-8-4-2-1-3-5-8;2*1-12-8-4-6(10)5-13(8)3-2-7(11)9(12)14/h2-6,10,12,15H,7-9,11H2,1H3,(H,24,27);1-5H,6-7H2,(H,14,15);4-5,7H,2-3H2,1H3;4-5,7H,2-3,11H2,1H3. The third-order valence-corrected chi connectivity index (χ3v) is 14.4. The quantitative estimate of drug-likeness (QED) is 0.118. The number of carbonyl (C=O) groups excluding carboxylic acids is 4. The maximum absolute atomic E-state index is 12.8. The summed E-state index contributed by atoms with van der Waals surface area (Å²) in [4.78, 5) is 81.2. The van der Waals surface area contributed by atoms with E-state index in [1.165, 1.54) is 0 Å². The van der Waals surface area contributed by atoms with Crippen LogP contribution in [-0.2, 0) is 56.4 Å². The van der Waals surface area contributed by atoms with Crippen LogP contribution < -0.4 is 25.8 Å². The van der Waals surface area contributed by atoms with E-state index in [1.54, 1.807) is 28.8 Å². The maximum Gasteiger partial charge on any atom is 0.352 e. The van der Waals surface area contributed by atoms with E-state index in [9.17, 15) is 24.0 Å². The van der Waals surface area contributed by atoms with Crippen molar-refractivity contribution in [3.8, 4) is 0 Å². The fourth-order valence-electron chi connectivity index (χ4n) is 8.13. The summed E-state index contributed by atoms with van der Waals surface area (Å²) in [5, 5.41) is 11.5. The van der Waals surface area contributed by atoms with Crippen molar-refractivity contribution in [3.63, 3.8) is 0 Å². The van der Waals surface area contributed by atoms with Crippen molar-refractivity contribution >= 4 is 141 Å². The summed E-state index contributed by atoms with van der Waals surface area (Å²) in [5.41, 5.74) is 8.40. The summed E-state index contributed by atoms with van der Waals surface area (Å²) in [6.07, 6.45) is 9.23. The lowest BCUT2D eigenvalue weighted by atomic mass is 10.1. The third kappa shape index (κ3) is 13.7. The number of hydrogen-bond acceptors (Lipinski definition) is 10. The molecule has 8 heterocycles. The van der Waals surface area contributed by atoms with Crippen LogP contribution in [0.4, 0.5) is 17.5 Å². The molecule has 22 heteroatoms. The molecule has 71 heavy (non-hydrogen) atoms. The minimum Gasteiger partial charge on any atom is -0.477 e. The van der Waals surface area contributed by atoms with Gasteiger partial charge in [0.2, 0.25) is 17.7 Å². The average Bonchev–Trinajstić information content (AvgIpc) is 4.21. The minimum absolute atomic E-state index is 0.0191. The number of nitrogens with zero attached hydrogens (tertiary/aromatic N) is 10. The maximum atomic E-state index is 12.8. The van der Waals surface area contributed by atoms with Crippen LogP contribution in [0, 0.1) is 0 Å². The van der Waals surface area contributed by atoms with Gasteiger partial charge < -0.3 is 34.8 Å². The van der Waals surface area contributed by atoms with Gasteiger partial charge in [0.25, 0.3) is 5.91 Å². The number of aliphatic carboxylic acids is 1. The SMILES string of the molecule is CN1C(=O)C(I)CCn2cc(Br)cc21.CN1C(=O)C(N)CCn2cc(Br)cc21.CN1C(=O)C(NC(=O)C2=NC(Cc3ccccc3)=NC2)CCn2cc(Br)cc21.O=C(O)C1=NC(Cc2ccccc2)=NC1. The van der Waals surface area contributed by atoms with Crippen molar-refractivity contribution in [1.82, 2.24) is 19.0 Å². The van der Waals surface area contributed by atoms with Gasteiger partial charge in [-0.15, -0.1) is 0 Å². The number of fused-ring (bicyclic) bond motifs is 3. The molecule has 10 rings (SSSR count). The number of amidine groups is 2. The van der Waals surface area contributed by atoms with Crippen LogP contribution in [0.25, 0.3) is 0 Å². The van der Waals surface area contributed by atoms with Gasteiger partial charge in [0, 0.05) is 85.6 Å². The summed E-state index contributed by atoms with van der Waals surface area (Å²) in [6.45, 7) is 2.78. The number of nitrogens with one attached hydrogen (secondary N) is 1. The monoisotopic (exact) mass is 1270 g/mol. The molecule has 0 radical (unpaired) electrons. The number of aryl methyl sites for hydroxylation is 3. The Bertz CT molecular complexity index is 2840. The fourth-order valence-corrected chi connectivity index (χ4v) is 10.2. The second-order valence-electron chi connectivity index (χ2n) is 17.0. The van der Waals surface area contributed by atoms with E-state index < -0.39 is 12.0 Å². The number of aliphatic imine (C=N–C) groups is 4. The molecular weight excluding hydrogens is 1220 g/mol. The molecule has 18 nitrogen and oxygen atoms in total. The summed E-state index contributed by atoms with van der Waals surface area (Å²) in [7, 11) is 5.31. The number of anilines is 3. The molecule has 0 aliphatic carbocycles. The van der Waals surface area contributed by atoms with Crippen molar-refractivity contribution in [3.05, 3.63) is 122 Å². The molecule has 5 aliphatic heterocycles. The lowest BCUT2D eigenvalue weighted by Crippen LogP contribution is -2.49. The zero-order valence-electron chi connectivity index (χ0n) is 39.1. The smallest absolute Gasteiger partial charge is 0.352 e. The lowest BCUT2D eigenvalue weighted by Gasteiger charge is -2.20. The zero-order valence-corrected chi connectivity index (χ0v) is 46.0. The van der Waals surface area contributed by atoms with E-state index >= 15 is 0 Å². The van der Waals surface area contributed by atoms with Crippen molar-refractivity contribution in [2.24, 2.45) is 25.7 Å². The Morgan fingerprint density at radius 3 is 1.55 bits per heavy atom. The molecule has 3 aromatic heterocycles. The molecule has 0 bridgehead atoms. The van der Waals surface area contributed by atoms with E-state index in [0.717, 1.165) is 61.5 Å². The number of aromatic nitrogens is 3. The second-order valence-corrected chi connectivity index (χ2v) is 21.3. The Morgan fingerprint density at radius 2 is 1.07 bits per heavy atom. The number of halogens is 4. The van der Waals surface area contributed by atoms with Crippen LogP contribution >= 0.6 is 70.4 Å². The first-order chi connectivity index (χ1) is 33.9. The number of amides is 4. The first-order valence-corrected chi connectivity index (χ1v) is 26.2. The molecule has 0 saturated carbocycles. The molecule has 372 valence electrons. The molecule has 0 fully saturated rings. The molecule has 3 unspecified atom stereocenters. The Balaban J connectivity index is 0.000000148. The van der Waals surface area contributed by atoms with Gasteiger partial charge in [-0.2, -0.15) is 0 Å². The highest BCUT2D eigenvalue weighted by Crippen LogP contribution is 2.29. The topological polar surface area (TPSA) is 218 Å². The third-order valence-electron chi connectivity index (χ3n) is 12.0. The fraction of sp³-hybridized carbons (Fsp3) is 0.327. The number of benzene rings is 2. The first kappa shape index (κ1) is 53.2. The number of alkyl halides is 1. The van der Waals surface area contributed by atoms with Crippen molar-refractivity contribution in [1.29, 1.82) is 0 Å². The Kier molecular flexibility index (Phi) is 18.2. The molecule has 4 amide bonds. The number of rotatable bonds is 7. The highest BCUT2D eigenvalue weighted by atomic mass is 127. The molecule has 3 atom stereocenters. The van der Waals surface area contributed by atoms with Gasteiger partial charge in [0.05, 0.1) is 23.1 Å². The number of carboxylic acid groups (broad SMARTS) is 1. The highest BCUT2D eigenvalue weighted by molar-refractivity contribution is 14.1. The number of hydrogen-bond donors (Lipinski definition) is 3. The van der Waals surface area contributed by atoms with Crippen LogP contribution in [0.3, 0.4) is 0 Å². The van der Waals surface area contributed by atoms with Crippen LogP contribution in [-0.4, -0.2) is 122 Å². The number of carboxylic acids is 1. The largest absolute Gasteiger partial charge is 0.477 e. The number of carbonyl (C=O) groups is 5. The second kappa shape index (κ2) is 24.2. The first-order valence-electron chi connectivity index (χ1n) is 22.6. The molecule has 5 aromatic rings. The van der Waals surface area contributed by atoms with Gasteiger partial charge in [-0.25, -0.2) is 14.8 Å². The van der Waals surface area contributed by atoms with E-state index in [2.05, 4.69) is 100 Å². The van der Waals surface area contributed by atoms with Crippen LogP contribution in [0.1, 0.15) is 30.4 Å². The highest BCUT2D eigenvalue weighted by Gasteiger charge is 2.32. The molecule has 2 aromatic carbocycles.